The Morgan fingerprint density at radius 3 is 0.944 bits per heavy atom. The smallest absolute Gasteiger partial charge is 0.260 e. The molecule has 0 amide bonds. The summed E-state index contributed by atoms with van der Waals surface area (Å²) in [5.74, 6) is -0.530. The van der Waals surface area contributed by atoms with Crippen molar-refractivity contribution in [1.82, 2.24) is 9.97 Å². The number of hydrogen-bond acceptors (Lipinski definition) is 8. The van der Waals surface area contributed by atoms with Gasteiger partial charge in [-0.25, -0.2) is 0 Å². The maximum atomic E-state index is 14.5. The van der Waals surface area contributed by atoms with Gasteiger partial charge in [-0.1, -0.05) is 259 Å². The Labute approximate surface area is 436 Å². The van der Waals surface area contributed by atoms with E-state index >= 15 is 0 Å². The van der Waals surface area contributed by atoms with Gasteiger partial charge in [0.2, 0.25) is 11.8 Å². The Morgan fingerprint density at radius 1 is 0.319 bits per heavy atom. The highest BCUT2D eigenvalue weighted by Gasteiger charge is 2.28. The second-order valence-electron chi connectivity index (χ2n) is 21.6. The van der Waals surface area contributed by atoms with Gasteiger partial charge in [0.1, 0.15) is 0 Å². The number of pyridine rings is 2. The van der Waals surface area contributed by atoms with E-state index in [0.29, 0.717) is 80.6 Å². The number of aromatic nitrogens is 2. The maximum Gasteiger partial charge on any atom is 0.260 e. The van der Waals surface area contributed by atoms with Crippen molar-refractivity contribution in [1.29, 1.82) is 0 Å². The maximum absolute atomic E-state index is 14.5. The number of aromatic hydroxyl groups is 2. The highest BCUT2D eigenvalue weighted by Crippen LogP contribution is 2.45. The molecule has 0 aliphatic heterocycles. The standard InChI is InChI=1S/C62H106N6O4/c1-5-9-13-17-21-25-29-33-37-41-45-63-55-51-49-50-52(56(55)64-46-42-38-34-30-26-22-18-14-10-6-2)60(70)68-62(72)54(50)58(66-48-44-40-36-32-28-24-20-16-12-8-4)57(53(49)61(71)67-59(51)69)65-47-43-39-35-31-27-23-19-15-11-7-3/h63-64H,5-48H2,1-4H3,(H2,67,69,71)(H2,68,70,72). The number of hydrogen-bond donors (Lipinski definition) is 6. The van der Waals surface area contributed by atoms with E-state index in [4.69, 9.17) is 9.98 Å². The lowest BCUT2D eigenvalue weighted by molar-refractivity contribution is 0.457. The topological polar surface area (TPSA) is 155 Å². The predicted octanol–water partition coefficient (Wildman–Crippen LogP) is 17.1. The molecule has 0 saturated carbocycles. The average molecular weight is 1000 g/mol. The van der Waals surface area contributed by atoms with Gasteiger partial charge in [-0.2, -0.15) is 0 Å². The summed E-state index contributed by atoms with van der Waals surface area (Å²) >= 11 is 0. The largest absolute Gasteiger partial charge is 0.494 e. The molecule has 0 bridgehead atoms. The third kappa shape index (κ3) is 20.8. The first-order chi connectivity index (χ1) is 35.4. The van der Waals surface area contributed by atoms with Gasteiger partial charge in [0.15, 0.2) is 0 Å². The Kier molecular flexibility index (Phi) is 31.9. The number of H-pyrrole nitrogens is 2. The number of unbranched alkanes of at least 4 members (excludes halogenated alkanes) is 36. The fourth-order valence-corrected chi connectivity index (χ4v) is 11.0. The van der Waals surface area contributed by atoms with E-state index in [1.54, 1.807) is 0 Å². The Balaban J connectivity index is 1.72. The minimum absolute atomic E-state index is 0.251. The third-order valence-corrected chi connectivity index (χ3v) is 15.3. The summed E-state index contributed by atoms with van der Waals surface area (Å²) in [5.41, 5.74) is 0.298. The molecule has 0 aliphatic rings. The molecule has 10 nitrogen and oxygen atoms in total. The monoisotopic (exact) mass is 999 g/mol. The van der Waals surface area contributed by atoms with Crippen LogP contribution in [0.3, 0.4) is 0 Å². The summed E-state index contributed by atoms with van der Waals surface area (Å²) in [6.45, 7) is 11.4. The molecule has 4 rings (SSSR count). The summed E-state index contributed by atoms with van der Waals surface area (Å²) in [4.78, 5) is 45.0. The van der Waals surface area contributed by atoms with Crippen molar-refractivity contribution in [2.75, 3.05) is 36.8 Å². The van der Waals surface area contributed by atoms with Gasteiger partial charge < -0.3 is 20.8 Å². The molecular weight excluding hydrogens is 893 g/mol. The molecule has 0 fully saturated rings. The SMILES string of the molecule is CCCCCCCCCCCCN=c1c(=NCCCCCCCCCCCC)c2c(=O)[nH]c(O)c3c(NCCCCCCCCCCCC)c(NCCCCCCCCCCCC)c4c(=O)[nH]c(O)c1c4c32. The van der Waals surface area contributed by atoms with Crippen LogP contribution in [-0.2, 0) is 0 Å². The number of aromatic amines is 2. The summed E-state index contributed by atoms with van der Waals surface area (Å²) in [5, 5.41) is 34.6. The van der Waals surface area contributed by atoms with E-state index < -0.39 is 11.1 Å². The molecule has 0 aliphatic carbocycles. The van der Waals surface area contributed by atoms with Crippen LogP contribution < -0.4 is 32.5 Å². The van der Waals surface area contributed by atoms with Gasteiger partial charge in [-0.05, 0) is 25.7 Å². The van der Waals surface area contributed by atoms with Crippen LogP contribution in [0.4, 0.5) is 11.4 Å². The molecule has 4 aromatic rings. The first-order valence-corrected chi connectivity index (χ1v) is 30.7. The van der Waals surface area contributed by atoms with E-state index in [2.05, 4.69) is 48.3 Å². The summed E-state index contributed by atoms with van der Waals surface area (Å²) in [6.07, 6.45) is 48.6. The third-order valence-electron chi connectivity index (χ3n) is 15.3. The molecule has 0 atom stereocenters. The van der Waals surface area contributed by atoms with Crippen molar-refractivity contribution >= 4 is 43.7 Å². The van der Waals surface area contributed by atoms with Crippen LogP contribution in [0.1, 0.15) is 285 Å². The van der Waals surface area contributed by atoms with Crippen molar-refractivity contribution in [3.8, 4) is 11.8 Å². The predicted molar refractivity (Wildman–Crippen MR) is 311 cm³/mol. The Bertz CT molecular complexity index is 2280. The average Bonchev–Trinajstić information content (AvgIpc) is 3.37. The highest BCUT2D eigenvalue weighted by atomic mass is 16.3. The van der Waals surface area contributed by atoms with Crippen molar-refractivity contribution < 1.29 is 10.2 Å². The van der Waals surface area contributed by atoms with E-state index in [0.717, 1.165) is 64.2 Å². The molecule has 0 unspecified atom stereocenters. The van der Waals surface area contributed by atoms with Gasteiger partial charge in [-0.3, -0.25) is 29.5 Å². The number of nitrogens with one attached hydrogen (secondary N) is 4. The first-order valence-electron chi connectivity index (χ1n) is 30.7. The molecule has 10 heteroatoms. The molecular formula is C62H106N6O4. The molecule has 408 valence electrons. The molecule has 2 aromatic carbocycles. The second kappa shape index (κ2) is 37.8. The van der Waals surface area contributed by atoms with Crippen LogP contribution in [0.15, 0.2) is 19.6 Å². The summed E-state index contributed by atoms with van der Waals surface area (Å²) in [7, 11) is 0. The zero-order valence-electron chi connectivity index (χ0n) is 46.7. The summed E-state index contributed by atoms with van der Waals surface area (Å²) in [6, 6.07) is 0. The van der Waals surface area contributed by atoms with Crippen LogP contribution in [0.5, 0.6) is 11.8 Å². The van der Waals surface area contributed by atoms with Crippen LogP contribution in [0.25, 0.3) is 32.3 Å². The number of nitrogens with zero attached hydrogens (tertiary/aromatic N) is 2. The van der Waals surface area contributed by atoms with Crippen LogP contribution in [-0.4, -0.2) is 46.4 Å². The van der Waals surface area contributed by atoms with Gasteiger partial charge in [0.25, 0.3) is 11.1 Å². The van der Waals surface area contributed by atoms with Gasteiger partial charge in [-0.15, -0.1) is 0 Å². The van der Waals surface area contributed by atoms with E-state index in [-0.39, 0.29) is 11.8 Å². The quantitative estimate of drug-likeness (QED) is 0.0191. The van der Waals surface area contributed by atoms with Crippen molar-refractivity contribution in [3.63, 3.8) is 0 Å². The van der Waals surface area contributed by atoms with Crippen molar-refractivity contribution in [3.05, 3.63) is 31.4 Å². The zero-order chi connectivity index (χ0) is 51.4. The molecule has 2 heterocycles. The fourth-order valence-electron chi connectivity index (χ4n) is 11.0. The lowest BCUT2D eigenvalue weighted by atomic mass is 9.92. The number of benzene rings is 2. The van der Waals surface area contributed by atoms with Crippen LogP contribution in [0.2, 0.25) is 0 Å². The number of anilines is 2. The van der Waals surface area contributed by atoms with Crippen LogP contribution in [0, 0.1) is 0 Å². The molecule has 6 N–H and O–H groups in total. The van der Waals surface area contributed by atoms with Crippen LogP contribution >= 0.6 is 0 Å². The Hall–Kier alpha value is -3.82. The minimum Gasteiger partial charge on any atom is -0.494 e. The fraction of sp³-hybridized carbons (Fsp3) is 0.774. The summed E-state index contributed by atoms with van der Waals surface area (Å²) < 4.78 is 0. The van der Waals surface area contributed by atoms with Gasteiger partial charge in [0, 0.05) is 37.0 Å². The lowest BCUT2D eigenvalue weighted by Crippen LogP contribution is -2.34. The molecule has 2 aromatic heterocycles. The minimum atomic E-state index is -0.466. The van der Waals surface area contributed by atoms with Gasteiger partial charge in [0.05, 0.1) is 43.6 Å². The van der Waals surface area contributed by atoms with E-state index in [9.17, 15) is 19.8 Å². The van der Waals surface area contributed by atoms with Gasteiger partial charge >= 0.3 is 0 Å². The lowest BCUT2D eigenvalue weighted by Gasteiger charge is -2.22. The van der Waals surface area contributed by atoms with Crippen molar-refractivity contribution in [2.24, 2.45) is 9.98 Å². The molecule has 0 saturated heterocycles. The first kappa shape index (κ1) is 60.7. The number of rotatable bonds is 46. The normalized spacial score (nSPS) is 12.5. The molecule has 0 radical (unpaired) electrons. The Morgan fingerprint density at radius 2 is 0.583 bits per heavy atom. The van der Waals surface area contributed by atoms with E-state index in [1.807, 2.05) is 0 Å². The highest BCUT2D eigenvalue weighted by molar-refractivity contribution is 6.31. The van der Waals surface area contributed by atoms with Crippen molar-refractivity contribution in [2.45, 2.75) is 285 Å². The molecule has 72 heavy (non-hydrogen) atoms. The second-order valence-corrected chi connectivity index (χ2v) is 21.6. The zero-order valence-corrected chi connectivity index (χ0v) is 46.7. The molecule has 0 spiro atoms. The van der Waals surface area contributed by atoms with E-state index in [1.165, 1.54) is 193 Å².